The van der Waals surface area contributed by atoms with Crippen LogP contribution in [0.1, 0.15) is 5.56 Å². The van der Waals surface area contributed by atoms with Gasteiger partial charge in [0.25, 0.3) is 11.6 Å². The second-order valence-corrected chi connectivity index (χ2v) is 5.76. The van der Waals surface area contributed by atoms with Crippen LogP contribution in [0.4, 0.5) is 11.4 Å². The summed E-state index contributed by atoms with van der Waals surface area (Å²) in [6, 6.07) is 10.1. The highest BCUT2D eigenvalue weighted by molar-refractivity contribution is 6.37. The third-order valence-electron chi connectivity index (χ3n) is 3.22. The number of halogens is 2. The van der Waals surface area contributed by atoms with E-state index in [2.05, 4.69) is 5.32 Å². The van der Waals surface area contributed by atoms with Gasteiger partial charge in [-0.25, -0.2) is 0 Å². The zero-order valence-corrected chi connectivity index (χ0v) is 14.8. The predicted octanol–water partition coefficient (Wildman–Crippen LogP) is 4.46. The van der Waals surface area contributed by atoms with Crippen molar-refractivity contribution in [1.82, 2.24) is 0 Å². The summed E-state index contributed by atoms with van der Waals surface area (Å²) in [4.78, 5) is 22.5. The van der Waals surface area contributed by atoms with Crippen molar-refractivity contribution in [2.75, 3.05) is 12.4 Å². The molecule has 0 aliphatic rings. The fourth-order valence-electron chi connectivity index (χ4n) is 2.07. The number of hydrogen-bond donors (Lipinski definition) is 1. The Morgan fingerprint density at radius 2 is 1.96 bits per heavy atom. The van der Waals surface area contributed by atoms with Crippen LogP contribution in [0.3, 0.4) is 0 Å². The lowest BCUT2D eigenvalue weighted by Crippen LogP contribution is -2.13. The highest BCUT2D eigenvalue weighted by Crippen LogP contribution is 2.34. The number of anilines is 1. The SMILES string of the molecule is COc1c(Cl)cc(/C=C(\C#N)C(=O)Nc2cccc([N+](=O)[O-])c2)cc1Cl. The number of hydrogen-bond acceptors (Lipinski definition) is 5. The molecule has 0 unspecified atom stereocenters. The fourth-order valence-corrected chi connectivity index (χ4v) is 2.73. The summed E-state index contributed by atoms with van der Waals surface area (Å²) in [5, 5.41) is 22.9. The number of nitrogens with one attached hydrogen (secondary N) is 1. The van der Waals surface area contributed by atoms with E-state index in [1.54, 1.807) is 6.07 Å². The molecule has 1 amide bonds. The number of non-ortho nitro benzene ring substituents is 1. The molecule has 0 spiro atoms. The molecule has 0 aliphatic carbocycles. The minimum absolute atomic E-state index is 0.181. The van der Waals surface area contributed by atoms with Gasteiger partial charge in [0.05, 0.1) is 22.1 Å². The van der Waals surface area contributed by atoms with E-state index < -0.39 is 10.8 Å². The van der Waals surface area contributed by atoms with Crippen molar-refractivity contribution in [2.45, 2.75) is 0 Å². The zero-order chi connectivity index (χ0) is 19.3. The monoisotopic (exact) mass is 391 g/mol. The van der Waals surface area contributed by atoms with Gasteiger partial charge in [0.2, 0.25) is 0 Å². The Labute approximate surface area is 158 Å². The first-order valence-corrected chi connectivity index (χ1v) is 7.82. The topological polar surface area (TPSA) is 105 Å². The molecule has 26 heavy (non-hydrogen) atoms. The van der Waals surface area contributed by atoms with Gasteiger partial charge in [-0.15, -0.1) is 0 Å². The first-order valence-electron chi connectivity index (χ1n) is 7.06. The maximum atomic E-state index is 12.3. The molecule has 0 saturated heterocycles. The lowest BCUT2D eigenvalue weighted by Gasteiger charge is -2.07. The van der Waals surface area contributed by atoms with Gasteiger partial charge in [-0.05, 0) is 29.8 Å². The van der Waals surface area contributed by atoms with Crippen LogP contribution < -0.4 is 10.1 Å². The smallest absolute Gasteiger partial charge is 0.271 e. The van der Waals surface area contributed by atoms with Gasteiger partial charge in [0, 0.05) is 17.8 Å². The predicted molar refractivity (Wildman–Crippen MR) is 98.3 cm³/mol. The minimum atomic E-state index is -0.726. The number of rotatable bonds is 5. The number of nitriles is 1. The Kier molecular flexibility index (Phi) is 6.17. The molecule has 7 nitrogen and oxygen atoms in total. The van der Waals surface area contributed by atoms with Crippen molar-refractivity contribution in [2.24, 2.45) is 0 Å². The van der Waals surface area contributed by atoms with Crippen LogP contribution in [0, 0.1) is 21.4 Å². The van der Waals surface area contributed by atoms with E-state index in [0.717, 1.165) is 0 Å². The van der Waals surface area contributed by atoms with E-state index in [9.17, 15) is 20.2 Å². The fraction of sp³-hybridized carbons (Fsp3) is 0.0588. The summed E-state index contributed by atoms with van der Waals surface area (Å²) in [7, 11) is 1.41. The van der Waals surface area contributed by atoms with Crippen molar-refractivity contribution < 1.29 is 14.5 Å². The number of ether oxygens (including phenoxy) is 1. The van der Waals surface area contributed by atoms with Gasteiger partial charge >= 0.3 is 0 Å². The number of amides is 1. The molecule has 1 N–H and O–H groups in total. The summed E-state index contributed by atoms with van der Waals surface area (Å²) in [5.41, 5.74) is 0.204. The molecule has 9 heteroatoms. The number of methoxy groups -OCH3 is 1. The molecule has 2 aromatic rings. The van der Waals surface area contributed by atoms with Gasteiger partial charge in [-0.2, -0.15) is 5.26 Å². The van der Waals surface area contributed by atoms with Crippen LogP contribution in [-0.4, -0.2) is 17.9 Å². The molecule has 2 rings (SSSR count). The maximum absolute atomic E-state index is 12.3. The first-order chi connectivity index (χ1) is 12.3. The molecule has 0 bridgehead atoms. The van der Waals surface area contributed by atoms with Crippen molar-refractivity contribution in [3.63, 3.8) is 0 Å². The number of benzene rings is 2. The second kappa shape index (κ2) is 8.34. The van der Waals surface area contributed by atoms with Crippen LogP contribution in [0.15, 0.2) is 42.0 Å². The van der Waals surface area contributed by atoms with Crippen LogP contribution in [-0.2, 0) is 4.79 Å². The largest absolute Gasteiger partial charge is 0.494 e. The van der Waals surface area contributed by atoms with Gasteiger partial charge in [-0.1, -0.05) is 29.3 Å². The summed E-state index contributed by atoms with van der Waals surface area (Å²) >= 11 is 12.1. The number of carbonyl (C=O) groups excluding carboxylic acids is 1. The highest BCUT2D eigenvalue weighted by Gasteiger charge is 2.14. The standard InChI is InChI=1S/C17H11Cl2N3O4/c1-26-16-14(18)6-10(7-15(16)19)5-11(9-20)17(23)21-12-3-2-4-13(8-12)22(24)25/h2-8H,1H3,(H,21,23)/b11-5+. The molecule has 0 saturated carbocycles. The molecule has 0 heterocycles. The van der Waals surface area contributed by atoms with E-state index in [4.69, 9.17) is 27.9 Å². The van der Waals surface area contributed by atoms with Crippen LogP contribution >= 0.6 is 23.2 Å². The van der Waals surface area contributed by atoms with Gasteiger partial charge in [0.15, 0.2) is 5.75 Å². The van der Waals surface area contributed by atoms with Crippen molar-refractivity contribution in [3.05, 3.63) is 67.7 Å². The molecule has 2 aromatic carbocycles. The van der Waals surface area contributed by atoms with Gasteiger partial charge < -0.3 is 10.1 Å². The first kappa shape index (κ1) is 19.2. The van der Waals surface area contributed by atoms with E-state index >= 15 is 0 Å². The molecular weight excluding hydrogens is 381 g/mol. The van der Waals surface area contributed by atoms with Crippen molar-refractivity contribution >= 4 is 46.6 Å². The van der Waals surface area contributed by atoms with Gasteiger partial charge in [0.1, 0.15) is 11.6 Å². The Bertz CT molecular complexity index is 928. The molecular formula is C17H11Cl2N3O4. The zero-order valence-electron chi connectivity index (χ0n) is 13.3. The third kappa shape index (κ3) is 4.51. The van der Waals surface area contributed by atoms with E-state index in [1.165, 1.54) is 49.6 Å². The maximum Gasteiger partial charge on any atom is 0.271 e. The Morgan fingerprint density at radius 1 is 1.31 bits per heavy atom. The number of carbonyl (C=O) groups is 1. The summed E-state index contributed by atoms with van der Waals surface area (Å²) in [6.45, 7) is 0. The minimum Gasteiger partial charge on any atom is -0.494 e. The highest BCUT2D eigenvalue weighted by atomic mass is 35.5. The lowest BCUT2D eigenvalue weighted by atomic mass is 10.1. The Hall–Kier alpha value is -3.08. The third-order valence-corrected chi connectivity index (χ3v) is 3.78. The quantitative estimate of drug-likeness (QED) is 0.350. The average Bonchev–Trinajstić information content (AvgIpc) is 2.59. The molecule has 0 aliphatic heterocycles. The van der Waals surface area contributed by atoms with E-state index in [0.29, 0.717) is 5.56 Å². The summed E-state index contributed by atoms with van der Waals surface area (Å²) in [6.07, 6.45) is 1.30. The molecule has 132 valence electrons. The van der Waals surface area contributed by atoms with Crippen LogP contribution in [0.2, 0.25) is 10.0 Å². The molecule has 0 aromatic heterocycles. The number of nitrogens with zero attached hydrogens (tertiary/aromatic N) is 2. The van der Waals surface area contributed by atoms with E-state index in [1.807, 2.05) is 0 Å². The Morgan fingerprint density at radius 3 is 2.50 bits per heavy atom. The van der Waals surface area contributed by atoms with Gasteiger partial charge in [-0.3, -0.25) is 14.9 Å². The number of nitro benzene ring substituents is 1. The van der Waals surface area contributed by atoms with Crippen molar-refractivity contribution in [3.8, 4) is 11.8 Å². The number of nitro groups is 1. The summed E-state index contributed by atoms with van der Waals surface area (Å²) < 4.78 is 5.04. The van der Waals surface area contributed by atoms with E-state index in [-0.39, 0.29) is 32.7 Å². The molecule has 0 fully saturated rings. The average molecular weight is 392 g/mol. The summed E-state index contributed by atoms with van der Waals surface area (Å²) in [5.74, 6) is -0.443. The molecule has 0 atom stereocenters. The van der Waals surface area contributed by atoms with Crippen LogP contribution in [0.25, 0.3) is 6.08 Å². The molecule has 0 radical (unpaired) electrons. The lowest BCUT2D eigenvalue weighted by molar-refractivity contribution is -0.384. The second-order valence-electron chi connectivity index (χ2n) is 4.95. The normalized spacial score (nSPS) is 10.8. The van der Waals surface area contributed by atoms with Crippen molar-refractivity contribution in [1.29, 1.82) is 5.26 Å². The Balaban J connectivity index is 2.29. The van der Waals surface area contributed by atoms with Crippen LogP contribution in [0.5, 0.6) is 5.75 Å².